The van der Waals surface area contributed by atoms with Gasteiger partial charge in [0.05, 0.1) is 4.92 Å². The van der Waals surface area contributed by atoms with E-state index in [1.54, 1.807) is 47.7 Å². The van der Waals surface area contributed by atoms with Gasteiger partial charge in [0.1, 0.15) is 12.1 Å². The molecule has 26 heavy (non-hydrogen) atoms. The number of non-ortho nitro benzene ring substituents is 1. The number of rotatable bonds is 6. The van der Waals surface area contributed by atoms with Crippen LogP contribution in [-0.2, 0) is 11.3 Å². The van der Waals surface area contributed by atoms with Gasteiger partial charge in [-0.15, -0.1) is 0 Å². The molecule has 0 saturated carbocycles. The van der Waals surface area contributed by atoms with E-state index in [0.717, 1.165) is 11.4 Å². The van der Waals surface area contributed by atoms with Gasteiger partial charge in [0.25, 0.3) is 5.69 Å². The molecule has 2 heterocycles. The van der Waals surface area contributed by atoms with Crippen molar-refractivity contribution in [1.82, 2.24) is 19.9 Å². The molecule has 8 heteroatoms. The molecule has 0 radical (unpaired) electrons. The van der Waals surface area contributed by atoms with Gasteiger partial charge in [0.2, 0.25) is 5.91 Å². The Morgan fingerprint density at radius 1 is 1.23 bits per heavy atom. The minimum Gasteiger partial charge on any atom is -0.348 e. The highest BCUT2D eigenvalue weighted by atomic mass is 16.6. The minimum atomic E-state index is -0.466. The molecular formula is C18H15N5O3. The SMILES string of the molecule is O=C(/C=C/c1ccc([N+](=O)[O-])cc1)NCc1ccc(-n2ccnc2)nc1. The summed E-state index contributed by atoms with van der Waals surface area (Å²) < 4.78 is 1.79. The average Bonchev–Trinajstić information content (AvgIpc) is 3.20. The van der Waals surface area contributed by atoms with Crippen molar-refractivity contribution in [2.75, 3.05) is 0 Å². The van der Waals surface area contributed by atoms with Crippen molar-refractivity contribution in [2.24, 2.45) is 0 Å². The topological polar surface area (TPSA) is 103 Å². The van der Waals surface area contributed by atoms with E-state index in [1.807, 2.05) is 12.1 Å². The van der Waals surface area contributed by atoms with E-state index >= 15 is 0 Å². The van der Waals surface area contributed by atoms with Crippen LogP contribution >= 0.6 is 0 Å². The molecule has 3 aromatic rings. The quantitative estimate of drug-likeness (QED) is 0.418. The average molecular weight is 349 g/mol. The van der Waals surface area contributed by atoms with Crippen LogP contribution in [0.4, 0.5) is 5.69 Å². The van der Waals surface area contributed by atoms with Gasteiger partial charge in [0, 0.05) is 43.3 Å². The second kappa shape index (κ2) is 7.84. The van der Waals surface area contributed by atoms with Crippen LogP contribution in [0.2, 0.25) is 0 Å². The Bertz CT molecular complexity index is 916. The monoisotopic (exact) mass is 349 g/mol. The number of amides is 1. The lowest BCUT2D eigenvalue weighted by Gasteiger charge is -2.04. The predicted molar refractivity (Wildman–Crippen MR) is 95.3 cm³/mol. The molecule has 3 rings (SSSR count). The van der Waals surface area contributed by atoms with Crippen LogP contribution in [0, 0.1) is 10.1 Å². The number of carbonyl (C=O) groups excluding carboxylic acids is 1. The van der Waals surface area contributed by atoms with Crippen LogP contribution in [0.1, 0.15) is 11.1 Å². The summed E-state index contributed by atoms with van der Waals surface area (Å²) in [5.74, 6) is 0.484. The molecule has 0 saturated heterocycles. The lowest BCUT2D eigenvalue weighted by Crippen LogP contribution is -2.20. The first-order chi connectivity index (χ1) is 12.6. The normalized spacial score (nSPS) is 10.8. The molecule has 1 amide bonds. The third-order valence-corrected chi connectivity index (χ3v) is 3.58. The number of nitrogens with one attached hydrogen (secondary N) is 1. The molecule has 0 aliphatic carbocycles. The van der Waals surface area contributed by atoms with Crippen molar-refractivity contribution >= 4 is 17.7 Å². The maximum Gasteiger partial charge on any atom is 0.269 e. The van der Waals surface area contributed by atoms with E-state index in [1.165, 1.54) is 18.2 Å². The Hall–Kier alpha value is -3.81. The number of benzene rings is 1. The summed E-state index contributed by atoms with van der Waals surface area (Å²) in [4.78, 5) is 30.3. The second-order valence-electron chi connectivity index (χ2n) is 5.39. The van der Waals surface area contributed by atoms with Crippen molar-refractivity contribution in [3.8, 4) is 5.82 Å². The molecule has 130 valence electrons. The number of aromatic nitrogens is 3. The Kier molecular flexibility index (Phi) is 5.14. The molecule has 0 atom stereocenters. The van der Waals surface area contributed by atoms with E-state index in [2.05, 4.69) is 15.3 Å². The van der Waals surface area contributed by atoms with Crippen molar-refractivity contribution in [1.29, 1.82) is 0 Å². The zero-order valence-electron chi connectivity index (χ0n) is 13.6. The first-order valence-electron chi connectivity index (χ1n) is 7.75. The standard InChI is InChI=1S/C18H15N5O3/c24-18(8-4-14-1-5-16(6-2-14)23(25)26)21-12-15-3-7-17(20-11-15)22-10-9-19-13-22/h1-11,13H,12H2,(H,21,24)/b8-4+. The molecule has 1 aromatic carbocycles. The van der Waals surface area contributed by atoms with Crippen molar-refractivity contribution < 1.29 is 9.72 Å². The van der Waals surface area contributed by atoms with Gasteiger partial charge in [-0.1, -0.05) is 6.07 Å². The smallest absolute Gasteiger partial charge is 0.269 e. The highest BCUT2D eigenvalue weighted by molar-refractivity contribution is 5.91. The lowest BCUT2D eigenvalue weighted by atomic mass is 10.2. The van der Waals surface area contributed by atoms with Crippen LogP contribution in [0.25, 0.3) is 11.9 Å². The van der Waals surface area contributed by atoms with Gasteiger partial charge in [-0.05, 0) is 35.4 Å². The number of imidazole rings is 1. The van der Waals surface area contributed by atoms with Gasteiger partial charge in [-0.2, -0.15) is 0 Å². The minimum absolute atomic E-state index is 0.0123. The molecule has 1 N–H and O–H groups in total. The fourth-order valence-corrected chi connectivity index (χ4v) is 2.20. The van der Waals surface area contributed by atoms with Gasteiger partial charge in [0.15, 0.2) is 0 Å². The number of carbonyl (C=O) groups is 1. The predicted octanol–water partition coefficient (Wildman–Crippen LogP) is 2.51. The summed E-state index contributed by atoms with van der Waals surface area (Å²) in [6, 6.07) is 9.68. The maximum atomic E-state index is 11.9. The number of nitrogens with zero attached hydrogens (tertiary/aromatic N) is 4. The van der Waals surface area contributed by atoms with Crippen LogP contribution in [0.3, 0.4) is 0 Å². The van der Waals surface area contributed by atoms with Gasteiger partial charge < -0.3 is 5.32 Å². The van der Waals surface area contributed by atoms with E-state index in [-0.39, 0.29) is 11.6 Å². The summed E-state index contributed by atoms with van der Waals surface area (Å²) in [6.45, 7) is 0.348. The van der Waals surface area contributed by atoms with Gasteiger partial charge in [-0.25, -0.2) is 9.97 Å². The summed E-state index contributed by atoms with van der Waals surface area (Å²) in [6.07, 6.45) is 9.80. The van der Waals surface area contributed by atoms with E-state index in [0.29, 0.717) is 12.1 Å². The first kappa shape index (κ1) is 17.0. The molecular weight excluding hydrogens is 334 g/mol. The molecule has 0 fully saturated rings. The Balaban J connectivity index is 1.52. The highest BCUT2D eigenvalue weighted by Gasteiger charge is 2.03. The summed E-state index contributed by atoms with van der Waals surface area (Å²) in [7, 11) is 0. The van der Waals surface area contributed by atoms with Crippen molar-refractivity contribution in [2.45, 2.75) is 6.54 Å². The third-order valence-electron chi connectivity index (χ3n) is 3.58. The van der Waals surface area contributed by atoms with Crippen LogP contribution in [0.15, 0.2) is 67.4 Å². The van der Waals surface area contributed by atoms with Gasteiger partial charge in [-0.3, -0.25) is 19.5 Å². The summed E-state index contributed by atoms with van der Waals surface area (Å²) >= 11 is 0. The van der Waals surface area contributed by atoms with Gasteiger partial charge >= 0.3 is 0 Å². The number of hydrogen-bond donors (Lipinski definition) is 1. The zero-order valence-corrected chi connectivity index (χ0v) is 13.6. The van der Waals surface area contributed by atoms with E-state index in [4.69, 9.17) is 0 Å². The zero-order chi connectivity index (χ0) is 18.4. The number of pyridine rings is 1. The first-order valence-corrected chi connectivity index (χ1v) is 7.75. The largest absolute Gasteiger partial charge is 0.348 e. The summed E-state index contributed by atoms with van der Waals surface area (Å²) in [5.41, 5.74) is 1.58. The fourth-order valence-electron chi connectivity index (χ4n) is 2.20. The second-order valence-corrected chi connectivity index (χ2v) is 5.39. The van der Waals surface area contributed by atoms with Crippen molar-refractivity contribution in [3.05, 3.63) is 88.6 Å². The summed E-state index contributed by atoms with van der Waals surface area (Å²) in [5, 5.41) is 13.4. The van der Waals surface area contributed by atoms with Crippen LogP contribution in [0.5, 0.6) is 0 Å². The molecule has 2 aromatic heterocycles. The Morgan fingerprint density at radius 2 is 2.04 bits per heavy atom. The Labute approximate surface area is 149 Å². The molecule has 0 spiro atoms. The Morgan fingerprint density at radius 3 is 2.65 bits per heavy atom. The van der Waals surface area contributed by atoms with Crippen LogP contribution < -0.4 is 5.32 Å². The molecule has 0 bridgehead atoms. The van der Waals surface area contributed by atoms with Crippen molar-refractivity contribution in [3.63, 3.8) is 0 Å². The highest BCUT2D eigenvalue weighted by Crippen LogP contribution is 2.12. The molecule has 0 aliphatic rings. The van der Waals surface area contributed by atoms with Crippen LogP contribution in [-0.4, -0.2) is 25.4 Å². The maximum absolute atomic E-state index is 11.9. The number of nitro groups is 1. The van der Waals surface area contributed by atoms with E-state index < -0.39 is 4.92 Å². The third kappa shape index (κ3) is 4.38. The molecule has 0 unspecified atom stereocenters. The van der Waals surface area contributed by atoms with E-state index in [9.17, 15) is 14.9 Å². The molecule has 8 nitrogen and oxygen atoms in total. The lowest BCUT2D eigenvalue weighted by molar-refractivity contribution is -0.384. The number of hydrogen-bond acceptors (Lipinski definition) is 5. The fraction of sp³-hybridized carbons (Fsp3) is 0.0556. The molecule has 0 aliphatic heterocycles. The number of nitro benzene ring substituents is 1.